The van der Waals surface area contributed by atoms with Crippen molar-refractivity contribution in [3.63, 3.8) is 0 Å². The zero-order chi connectivity index (χ0) is 20.5. The maximum atomic E-state index is 12.5. The highest BCUT2D eigenvalue weighted by Crippen LogP contribution is 2.28. The number of aromatic nitrogens is 3. The van der Waals surface area contributed by atoms with Crippen LogP contribution in [0.3, 0.4) is 0 Å². The first kappa shape index (κ1) is 19.0. The van der Waals surface area contributed by atoms with Gasteiger partial charge in [0, 0.05) is 41.6 Å². The van der Waals surface area contributed by atoms with E-state index in [9.17, 15) is 14.4 Å². The SMILES string of the molecule is CCn1ncc(-c2csc(NC(=O)c3ccc(N4C(=O)CCC4=O)cc3)n2)c1C. The van der Waals surface area contributed by atoms with E-state index >= 15 is 0 Å². The first-order valence-corrected chi connectivity index (χ1v) is 10.1. The van der Waals surface area contributed by atoms with Crippen molar-refractivity contribution in [2.75, 3.05) is 10.2 Å². The minimum Gasteiger partial charge on any atom is -0.298 e. The van der Waals surface area contributed by atoms with Gasteiger partial charge in [-0.15, -0.1) is 11.3 Å². The van der Waals surface area contributed by atoms with Crippen molar-refractivity contribution in [3.05, 3.63) is 47.1 Å². The van der Waals surface area contributed by atoms with Gasteiger partial charge >= 0.3 is 0 Å². The van der Waals surface area contributed by atoms with Crippen molar-refractivity contribution in [1.82, 2.24) is 14.8 Å². The van der Waals surface area contributed by atoms with Crippen LogP contribution in [-0.2, 0) is 16.1 Å². The van der Waals surface area contributed by atoms with Gasteiger partial charge in [0.15, 0.2) is 5.13 Å². The molecule has 0 aliphatic carbocycles. The highest BCUT2D eigenvalue weighted by molar-refractivity contribution is 7.14. The molecule has 0 spiro atoms. The van der Waals surface area contributed by atoms with Gasteiger partial charge in [-0.05, 0) is 38.1 Å². The van der Waals surface area contributed by atoms with Gasteiger partial charge in [0.05, 0.1) is 17.6 Å². The van der Waals surface area contributed by atoms with Crippen LogP contribution in [0.5, 0.6) is 0 Å². The highest BCUT2D eigenvalue weighted by atomic mass is 32.1. The highest BCUT2D eigenvalue weighted by Gasteiger charge is 2.30. The number of rotatable bonds is 5. The van der Waals surface area contributed by atoms with E-state index in [0.717, 1.165) is 28.4 Å². The van der Waals surface area contributed by atoms with Crippen LogP contribution in [0.25, 0.3) is 11.3 Å². The van der Waals surface area contributed by atoms with E-state index in [1.54, 1.807) is 30.5 Å². The number of nitrogens with one attached hydrogen (secondary N) is 1. The molecule has 1 aliphatic heterocycles. The minimum absolute atomic E-state index is 0.218. The van der Waals surface area contributed by atoms with Gasteiger partial charge in [0.2, 0.25) is 11.8 Å². The van der Waals surface area contributed by atoms with Gasteiger partial charge in [-0.25, -0.2) is 4.98 Å². The number of carbonyl (C=O) groups is 3. The summed E-state index contributed by atoms with van der Waals surface area (Å²) in [5.74, 6) is -0.745. The standard InChI is InChI=1S/C20H19N5O3S/c1-3-24-12(2)15(10-21-24)16-11-29-20(22-16)23-19(28)13-4-6-14(7-5-13)25-17(26)8-9-18(25)27/h4-7,10-11H,3,8-9H2,1-2H3,(H,22,23,28). The van der Waals surface area contributed by atoms with Crippen molar-refractivity contribution < 1.29 is 14.4 Å². The predicted molar refractivity (Wildman–Crippen MR) is 110 cm³/mol. The quantitative estimate of drug-likeness (QED) is 0.653. The lowest BCUT2D eigenvalue weighted by Gasteiger charge is -2.13. The Balaban J connectivity index is 1.47. The fraction of sp³-hybridized carbons (Fsp3) is 0.250. The van der Waals surface area contributed by atoms with Crippen LogP contribution < -0.4 is 10.2 Å². The van der Waals surface area contributed by atoms with Gasteiger partial charge in [-0.2, -0.15) is 5.10 Å². The third-order valence-electron chi connectivity index (χ3n) is 4.84. The van der Waals surface area contributed by atoms with E-state index in [4.69, 9.17) is 0 Å². The molecule has 0 bridgehead atoms. The molecule has 1 aliphatic rings. The van der Waals surface area contributed by atoms with Crippen molar-refractivity contribution in [2.24, 2.45) is 0 Å². The first-order chi connectivity index (χ1) is 14.0. The summed E-state index contributed by atoms with van der Waals surface area (Å²) >= 11 is 1.34. The molecule has 1 N–H and O–H groups in total. The molecule has 4 rings (SSSR count). The van der Waals surface area contributed by atoms with Crippen LogP contribution in [0, 0.1) is 6.92 Å². The third-order valence-corrected chi connectivity index (χ3v) is 5.60. The number of anilines is 2. The van der Waals surface area contributed by atoms with Gasteiger partial charge in [-0.3, -0.25) is 29.3 Å². The van der Waals surface area contributed by atoms with Crippen LogP contribution in [0.4, 0.5) is 10.8 Å². The van der Waals surface area contributed by atoms with Crippen LogP contribution in [0.15, 0.2) is 35.8 Å². The maximum Gasteiger partial charge on any atom is 0.257 e. The van der Waals surface area contributed by atoms with Gasteiger partial charge in [0.1, 0.15) is 0 Å². The summed E-state index contributed by atoms with van der Waals surface area (Å²) < 4.78 is 1.89. The summed E-state index contributed by atoms with van der Waals surface area (Å²) in [6, 6.07) is 6.39. The van der Waals surface area contributed by atoms with Crippen LogP contribution in [0.2, 0.25) is 0 Å². The average molecular weight is 409 g/mol. The molecular formula is C20H19N5O3S. The first-order valence-electron chi connectivity index (χ1n) is 9.23. The molecule has 3 aromatic rings. The normalized spacial score (nSPS) is 13.9. The lowest BCUT2D eigenvalue weighted by molar-refractivity contribution is -0.121. The molecule has 0 atom stereocenters. The summed E-state index contributed by atoms with van der Waals surface area (Å²) in [4.78, 5) is 41.8. The number of carbonyl (C=O) groups excluding carboxylic acids is 3. The zero-order valence-electron chi connectivity index (χ0n) is 16.0. The summed E-state index contributed by atoms with van der Waals surface area (Å²) in [6.07, 6.45) is 2.23. The van der Waals surface area contributed by atoms with E-state index in [1.165, 1.54) is 11.3 Å². The Hall–Kier alpha value is -3.33. The predicted octanol–water partition coefficient (Wildman–Crippen LogP) is 3.24. The molecule has 3 heterocycles. The summed E-state index contributed by atoms with van der Waals surface area (Å²) in [5.41, 5.74) is 3.63. The lowest BCUT2D eigenvalue weighted by Crippen LogP contribution is -2.28. The fourth-order valence-electron chi connectivity index (χ4n) is 3.27. The van der Waals surface area contributed by atoms with E-state index in [0.29, 0.717) is 16.4 Å². The van der Waals surface area contributed by atoms with Crippen molar-refractivity contribution in [3.8, 4) is 11.3 Å². The molecule has 29 heavy (non-hydrogen) atoms. The van der Waals surface area contributed by atoms with E-state index in [-0.39, 0.29) is 30.6 Å². The molecule has 9 heteroatoms. The molecule has 1 saturated heterocycles. The van der Waals surface area contributed by atoms with E-state index in [1.807, 2.05) is 23.9 Å². The number of thiazole rings is 1. The minimum atomic E-state index is -0.308. The van der Waals surface area contributed by atoms with Gasteiger partial charge in [-0.1, -0.05) is 0 Å². The average Bonchev–Trinajstić information content (AvgIpc) is 3.41. The Labute approximate surface area is 171 Å². The van der Waals surface area contributed by atoms with Crippen molar-refractivity contribution in [2.45, 2.75) is 33.2 Å². The number of amides is 3. The topological polar surface area (TPSA) is 97.2 Å². The summed E-state index contributed by atoms with van der Waals surface area (Å²) in [5, 5.41) is 9.48. The molecule has 0 radical (unpaired) electrons. The van der Waals surface area contributed by atoms with Crippen LogP contribution in [-0.4, -0.2) is 32.5 Å². The Kier molecular flexibility index (Phi) is 4.98. The molecule has 0 unspecified atom stereocenters. The fourth-order valence-corrected chi connectivity index (χ4v) is 3.97. The van der Waals surface area contributed by atoms with Gasteiger partial charge < -0.3 is 0 Å². The van der Waals surface area contributed by atoms with Crippen LogP contribution in [0.1, 0.15) is 35.8 Å². The molecule has 1 fully saturated rings. The second-order valence-electron chi connectivity index (χ2n) is 6.62. The monoisotopic (exact) mass is 409 g/mol. The number of hydrogen-bond acceptors (Lipinski definition) is 6. The van der Waals surface area contributed by atoms with Gasteiger partial charge in [0.25, 0.3) is 5.91 Å². The summed E-state index contributed by atoms with van der Waals surface area (Å²) in [7, 11) is 0. The summed E-state index contributed by atoms with van der Waals surface area (Å²) in [6.45, 7) is 4.79. The Morgan fingerprint density at radius 1 is 1.17 bits per heavy atom. The number of nitrogens with zero attached hydrogens (tertiary/aromatic N) is 4. The second kappa shape index (κ2) is 7.59. The second-order valence-corrected chi connectivity index (χ2v) is 7.48. The zero-order valence-corrected chi connectivity index (χ0v) is 16.8. The third kappa shape index (κ3) is 3.56. The maximum absolute atomic E-state index is 12.5. The van der Waals surface area contributed by atoms with Crippen LogP contribution >= 0.6 is 11.3 Å². The van der Waals surface area contributed by atoms with E-state index < -0.39 is 0 Å². The largest absolute Gasteiger partial charge is 0.298 e. The Morgan fingerprint density at radius 2 is 1.86 bits per heavy atom. The number of imide groups is 1. The molecule has 0 saturated carbocycles. The molecule has 3 amide bonds. The van der Waals surface area contributed by atoms with E-state index in [2.05, 4.69) is 15.4 Å². The molecular weight excluding hydrogens is 390 g/mol. The van der Waals surface area contributed by atoms with Crippen molar-refractivity contribution in [1.29, 1.82) is 0 Å². The number of hydrogen-bond donors (Lipinski definition) is 1. The smallest absolute Gasteiger partial charge is 0.257 e. The molecule has 1 aromatic carbocycles. The Bertz CT molecular complexity index is 1080. The van der Waals surface area contributed by atoms with Crippen molar-refractivity contribution >= 4 is 39.9 Å². The lowest BCUT2D eigenvalue weighted by atomic mass is 10.2. The number of aryl methyl sites for hydroxylation is 1. The molecule has 2 aromatic heterocycles. The Morgan fingerprint density at radius 3 is 2.48 bits per heavy atom. The molecule has 148 valence electrons. The molecule has 8 nitrogen and oxygen atoms in total. The number of benzene rings is 1.